The number of nitrogen functional groups attached to an aromatic ring is 1. The van der Waals surface area contributed by atoms with Crippen molar-refractivity contribution in [3.05, 3.63) is 52.0 Å². The van der Waals surface area contributed by atoms with E-state index in [0.29, 0.717) is 24.3 Å². The Morgan fingerprint density at radius 1 is 1.21 bits per heavy atom. The number of nitrogens with two attached hydrogens (primary N) is 1. The zero-order chi connectivity index (χ0) is 20.3. The van der Waals surface area contributed by atoms with E-state index in [1.54, 1.807) is 29.2 Å². The molecule has 0 spiro atoms. The van der Waals surface area contributed by atoms with E-state index in [9.17, 15) is 14.4 Å². The highest BCUT2D eigenvalue weighted by molar-refractivity contribution is 6.37. The molecule has 1 fully saturated rings. The van der Waals surface area contributed by atoms with Crippen molar-refractivity contribution < 1.29 is 19.1 Å². The van der Waals surface area contributed by atoms with Gasteiger partial charge in [-0.2, -0.15) is 0 Å². The third kappa shape index (κ3) is 4.37. The Kier molecular flexibility index (Phi) is 6.06. The molecule has 0 radical (unpaired) electrons. The van der Waals surface area contributed by atoms with Crippen LogP contribution >= 0.6 is 23.2 Å². The molecule has 2 aromatic rings. The number of para-hydroxylation sites is 2. The average Bonchev–Trinajstić information content (AvgIpc) is 3.09. The van der Waals surface area contributed by atoms with Gasteiger partial charge in [0.25, 0.3) is 5.91 Å². The van der Waals surface area contributed by atoms with Crippen molar-refractivity contribution in [2.75, 3.05) is 29.1 Å². The molecule has 3 N–H and O–H groups in total. The minimum atomic E-state index is -0.819. The molecule has 1 aliphatic heterocycles. The second-order valence-corrected chi connectivity index (χ2v) is 6.98. The lowest BCUT2D eigenvalue weighted by Crippen LogP contribution is -2.27. The summed E-state index contributed by atoms with van der Waals surface area (Å²) >= 11 is 11.8. The van der Waals surface area contributed by atoms with Crippen LogP contribution in [0.2, 0.25) is 10.0 Å². The summed E-state index contributed by atoms with van der Waals surface area (Å²) in [5.74, 6) is -1.37. The maximum Gasteiger partial charge on any atom is 0.340 e. The summed E-state index contributed by atoms with van der Waals surface area (Å²) in [6.07, 6.45) is 1.24. The lowest BCUT2D eigenvalue weighted by atomic mass is 10.2. The molecule has 1 saturated heterocycles. The van der Waals surface area contributed by atoms with E-state index in [1.807, 2.05) is 0 Å². The molecule has 146 valence electrons. The van der Waals surface area contributed by atoms with E-state index in [2.05, 4.69) is 5.32 Å². The molecule has 0 atom stereocenters. The van der Waals surface area contributed by atoms with Gasteiger partial charge in [0.1, 0.15) is 0 Å². The zero-order valence-electron chi connectivity index (χ0n) is 14.7. The number of hydrogen-bond donors (Lipinski definition) is 2. The van der Waals surface area contributed by atoms with Gasteiger partial charge in [0.15, 0.2) is 6.61 Å². The molecule has 0 bridgehead atoms. The topological polar surface area (TPSA) is 102 Å². The average molecular weight is 422 g/mol. The summed E-state index contributed by atoms with van der Waals surface area (Å²) in [5.41, 5.74) is 6.83. The Bertz CT molecular complexity index is 949. The van der Waals surface area contributed by atoms with E-state index in [-0.39, 0.29) is 27.2 Å². The first-order chi connectivity index (χ1) is 13.4. The van der Waals surface area contributed by atoms with Gasteiger partial charge >= 0.3 is 5.97 Å². The summed E-state index contributed by atoms with van der Waals surface area (Å²) < 4.78 is 5.01. The molecule has 2 amide bonds. The van der Waals surface area contributed by atoms with Crippen molar-refractivity contribution in [1.29, 1.82) is 0 Å². The fraction of sp³-hybridized carbons (Fsp3) is 0.211. The molecule has 0 aliphatic carbocycles. The van der Waals surface area contributed by atoms with Crippen LogP contribution in [0.4, 0.5) is 17.1 Å². The summed E-state index contributed by atoms with van der Waals surface area (Å²) in [7, 11) is 0. The molecular weight excluding hydrogens is 405 g/mol. The Morgan fingerprint density at radius 3 is 2.68 bits per heavy atom. The van der Waals surface area contributed by atoms with Crippen molar-refractivity contribution in [3.63, 3.8) is 0 Å². The van der Waals surface area contributed by atoms with Crippen LogP contribution < -0.4 is 16.0 Å². The van der Waals surface area contributed by atoms with Crippen LogP contribution in [0, 0.1) is 0 Å². The predicted octanol–water partition coefficient (Wildman–Crippen LogP) is 3.50. The number of anilines is 3. The lowest BCUT2D eigenvalue weighted by molar-refractivity contribution is -0.119. The summed E-state index contributed by atoms with van der Waals surface area (Å²) in [4.78, 5) is 38.0. The van der Waals surface area contributed by atoms with Gasteiger partial charge in [-0.15, -0.1) is 0 Å². The van der Waals surface area contributed by atoms with Crippen molar-refractivity contribution >= 4 is 58.0 Å². The number of rotatable bonds is 5. The van der Waals surface area contributed by atoms with E-state index < -0.39 is 18.5 Å². The largest absolute Gasteiger partial charge is 0.452 e. The normalized spacial score (nSPS) is 13.5. The number of amides is 2. The van der Waals surface area contributed by atoms with Gasteiger partial charge in [0.05, 0.1) is 27.6 Å². The molecule has 7 nitrogen and oxygen atoms in total. The molecule has 0 unspecified atom stereocenters. The SMILES string of the molecule is Nc1c(Cl)cc(Cl)cc1C(=O)OCC(=O)Nc1ccccc1N1CCCC1=O. The van der Waals surface area contributed by atoms with Crippen LogP contribution in [0.3, 0.4) is 0 Å². The van der Waals surface area contributed by atoms with Gasteiger partial charge in [-0.05, 0) is 30.7 Å². The van der Waals surface area contributed by atoms with Gasteiger partial charge in [-0.3, -0.25) is 9.59 Å². The Balaban J connectivity index is 1.66. The second kappa shape index (κ2) is 8.50. The standard InChI is InChI=1S/C19H17Cl2N3O4/c20-11-8-12(18(22)13(21)9-11)19(27)28-10-16(25)23-14-4-1-2-5-15(14)24-7-3-6-17(24)26/h1-2,4-5,8-9H,3,6-7,10,22H2,(H,23,25). The summed E-state index contributed by atoms with van der Waals surface area (Å²) in [5, 5.41) is 3.00. The van der Waals surface area contributed by atoms with E-state index >= 15 is 0 Å². The Morgan fingerprint density at radius 2 is 1.96 bits per heavy atom. The minimum Gasteiger partial charge on any atom is -0.452 e. The predicted molar refractivity (Wildman–Crippen MR) is 108 cm³/mol. The molecular formula is C19H17Cl2N3O4. The molecule has 9 heteroatoms. The van der Waals surface area contributed by atoms with E-state index in [4.69, 9.17) is 33.7 Å². The first-order valence-electron chi connectivity index (χ1n) is 8.47. The van der Waals surface area contributed by atoms with Crippen molar-refractivity contribution in [2.45, 2.75) is 12.8 Å². The number of nitrogens with one attached hydrogen (secondary N) is 1. The number of nitrogens with zero attached hydrogens (tertiary/aromatic N) is 1. The maximum atomic E-state index is 12.2. The first kappa shape index (κ1) is 20.0. The highest BCUT2D eigenvalue weighted by Gasteiger charge is 2.24. The van der Waals surface area contributed by atoms with Gasteiger partial charge < -0.3 is 20.7 Å². The fourth-order valence-corrected chi connectivity index (χ4v) is 3.36. The zero-order valence-corrected chi connectivity index (χ0v) is 16.2. The third-order valence-corrected chi connectivity index (χ3v) is 4.72. The first-order valence-corrected chi connectivity index (χ1v) is 9.23. The number of carbonyl (C=O) groups is 3. The van der Waals surface area contributed by atoms with Crippen molar-refractivity contribution in [2.24, 2.45) is 0 Å². The molecule has 1 heterocycles. The minimum absolute atomic E-state index is 0.00133. The van der Waals surface area contributed by atoms with Gasteiger partial charge in [-0.25, -0.2) is 4.79 Å². The van der Waals surface area contributed by atoms with Gasteiger partial charge in [0, 0.05) is 18.0 Å². The second-order valence-electron chi connectivity index (χ2n) is 6.14. The van der Waals surface area contributed by atoms with E-state index in [0.717, 1.165) is 6.42 Å². The van der Waals surface area contributed by atoms with Crippen LogP contribution in [0.1, 0.15) is 23.2 Å². The van der Waals surface area contributed by atoms with Crippen LogP contribution in [-0.2, 0) is 14.3 Å². The van der Waals surface area contributed by atoms with E-state index in [1.165, 1.54) is 12.1 Å². The van der Waals surface area contributed by atoms with Crippen LogP contribution in [0.25, 0.3) is 0 Å². The van der Waals surface area contributed by atoms with Crippen LogP contribution in [0.5, 0.6) is 0 Å². The Labute approximate surface area is 171 Å². The highest BCUT2D eigenvalue weighted by Crippen LogP contribution is 2.30. The monoisotopic (exact) mass is 421 g/mol. The number of hydrogen-bond acceptors (Lipinski definition) is 5. The molecule has 2 aromatic carbocycles. The molecule has 0 aromatic heterocycles. The van der Waals surface area contributed by atoms with Crippen molar-refractivity contribution in [3.8, 4) is 0 Å². The maximum absolute atomic E-state index is 12.2. The molecule has 0 saturated carbocycles. The molecule has 28 heavy (non-hydrogen) atoms. The summed E-state index contributed by atoms with van der Waals surface area (Å²) in [6.45, 7) is 0.0557. The smallest absolute Gasteiger partial charge is 0.340 e. The number of benzene rings is 2. The number of halogens is 2. The highest BCUT2D eigenvalue weighted by atomic mass is 35.5. The quantitative estimate of drug-likeness (QED) is 0.567. The van der Waals surface area contributed by atoms with Crippen molar-refractivity contribution in [1.82, 2.24) is 0 Å². The fourth-order valence-electron chi connectivity index (χ4n) is 2.87. The Hall–Kier alpha value is -2.77. The number of ether oxygens (including phenoxy) is 1. The van der Waals surface area contributed by atoms with Gasteiger partial charge in [0.2, 0.25) is 5.91 Å². The summed E-state index contributed by atoms with van der Waals surface area (Å²) in [6, 6.07) is 9.66. The lowest BCUT2D eigenvalue weighted by Gasteiger charge is -2.20. The number of carbonyl (C=O) groups excluding carboxylic acids is 3. The molecule has 1 aliphatic rings. The molecule has 3 rings (SSSR count). The third-order valence-electron chi connectivity index (χ3n) is 4.19. The van der Waals surface area contributed by atoms with Crippen LogP contribution in [-0.4, -0.2) is 30.9 Å². The van der Waals surface area contributed by atoms with Crippen LogP contribution in [0.15, 0.2) is 36.4 Å². The van der Waals surface area contributed by atoms with Gasteiger partial charge in [-0.1, -0.05) is 35.3 Å². The number of esters is 1.